The summed E-state index contributed by atoms with van der Waals surface area (Å²) < 4.78 is 10.0. The van der Waals surface area contributed by atoms with Gasteiger partial charge < -0.3 is 19.4 Å². The molecule has 1 N–H and O–H groups in total. The smallest absolute Gasteiger partial charge is 0.339 e. The minimum Gasteiger partial charge on any atom is -0.467 e. The van der Waals surface area contributed by atoms with Gasteiger partial charge in [-0.1, -0.05) is 6.07 Å². The lowest BCUT2D eigenvalue weighted by molar-refractivity contribution is -0.385. The number of carbonyl (C=O) groups excluding carboxylic acids is 3. The summed E-state index contributed by atoms with van der Waals surface area (Å²) in [6, 6.07) is 7.39. The first-order chi connectivity index (χ1) is 13.3. The van der Waals surface area contributed by atoms with E-state index in [-0.39, 0.29) is 29.9 Å². The zero-order valence-corrected chi connectivity index (χ0v) is 15.3. The second-order valence-electron chi connectivity index (χ2n) is 5.89. The van der Waals surface area contributed by atoms with Crippen LogP contribution in [0.5, 0.6) is 0 Å². The first kappa shape index (κ1) is 20.6. The summed E-state index contributed by atoms with van der Waals surface area (Å²) in [6.07, 6.45) is 1.48. The molecule has 148 valence electrons. The van der Waals surface area contributed by atoms with E-state index in [0.717, 1.165) is 4.90 Å². The van der Waals surface area contributed by atoms with Crippen LogP contribution in [-0.2, 0) is 20.9 Å². The molecule has 1 aromatic heterocycles. The van der Waals surface area contributed by atoms with Crippen LogP contribution in [-0.4, -0.2) is 47.8 Å². The molecule has 10 nitrogen and oxygen atoms in total. The van der Waals surface area contributed by atoms with Gasteiger partial charge in [0.05, 0.1) is 29.8 Å². The molecule has 0 aliphatic heterocycles. The van der Waals surface area contributed by atoms with Crippen LogP contribution < -0.4 is 5.32 Å². The molecule has 0 spiro atoms. The van der Waals surface area contributed by atoms with Crippen LogP contribution >= 0.6 is 0 Å². The van der Waals surface area contributed by atoms with Crippen LogP contribution in [0, 0.1) is 17.0 Å². The number of esters is 1. The number of hydrogen-bond donors (Lipinski definition) is 1. The lowest BCUT2D eigenvalue weighted by Gasteiger charge is -2.16. The monoisotopic (exact) mass is 389 g/mol. The summed E-state index contributed by atoms with van der Waals surface area (Å²) in [4.78, 5) is 47.4. The fourth-order valence-corrected chi connectivity index (χ4v) is 2.32. The molecule has 0 saturated carbocycles. The van der Waals surface area contributed by atoms with Crippen molar-refractivity contribution in [3.63, 3.8) is 0 Å². The summed E-state index contributed by atoms with van der Waals surface area (Å²) in [5, 5.41) is 13.5. The number of rotatable bonds is 8. The quantitative estimate of drug-likeness (QED) is 0.410. The van der Waals surface area contributed by atoms with Crippen molar-refractivity contribution < 1.29 is 28.5 Å². The van der Waals surface area contributed by atoms with Crippen molar-refractivity contribution in [1.29, 1.82) is 0 Å². The Balaban J connectivity index is 1.84. The topological polar surface area (TPSA) is 132 Å². The number of benzene rings is 1. The summed E-state index contributed by atoms with van der Waals surface area (Å²) in [5.74, 6) is -1.29. The van der Waals surface area contributed by atoms with Crippen molar-refractivity contribution in [1.82, 2.24) is 10.2 Å². The molecule has 0 unspecified atom stereocenters. The summed E-state index contributed by atoms with van der Waals surface area (Å²) >= 11 is 0. The average Bonchev–Trinajstić information content (AvgIpc) is 3.17. The number of nitro groups is 1. The predicted octanol–water partition coefficient (Wildman–Crippen LogP) is 1.43. The van der Waals surface area contributed by atoms with Gasteiger partial charge >= 0.3 is 5.97 Å². The summed E-state index contributed by atoms with van der Waals surface area (Å²) in [6.45, 7) is 0.788. The van der Waals surface area contributed by atoms with Gasteiger partial charge in [0, 0.05) is 18.7 Å². The van der Waals surface area contributed by atoms with E-state index in [9.17, 15) is 24.5 Å². The minimum atomic E-state index is -0.856. The van der Waals surface area contributed by atoms with Gasteiger partial charge in [0.15, 0.2) is 6.61 Å². The molecule has 0 bridgehead atoms. The Morgan fingerprint density at radius 2 is 2.00 bits per heavy atom. The third-order valence-electron chi connectivity index (χ3n) is 3.89. The van der Waals surface area contributed by atoms with Gasteiger partial charge in [-0.2, -0.15) is 0 Å². The number of carbonyl (C=O) groups is 3. The summed E-state index contributed by atoms with van der Waals surface area (Å²) in [7, 11) is 1.39. The molecule has 1 aromatic carbocycles. The molecular weight excluding hydrogens is 370 g/mol. The van der Waals surface area contributed by atoms with Crippen molar-refractivity contribution in [2.45, 2.75) is 13.5 Å². The largest absolute Gasteiger partial charge is 0.467 e. The van der Waals surface area contributed by atoms with Gasteiger partial charge in [-0.3, -0.25) is 19.7 Å². The number of hydrogen-bond acceptors (Lipinski definition) is 7. The van der Waals surface area contributed by atoms with Crippen LogP contribution in [0.15, 0.2) is 41.0 Å². The molecule has 0 fully saturated rings. The van der Waals surface area contributed by atoms with Gasteiger partial charge in [0.25, 0.3) is 11.6 Å². The van der Waals surface area contributed by atoms with E-state index in [1.165, 1.54) is 38.4 Å². The van der Waals surface area contributed by atoms with Crippen molar-refractivity contribution in [3.05, 3.63) is 63.6 Å². The first-order valence-corrected chi connectivity index (χ1v) is 8.23. The molecule has 0 saturated heterocycles. The fourth-order valence-electron chi connectivity index (χ4n) is 2.32. The Labute approximate surface area is 160 Å². The fraction of sp³-hybridized carbons (Fsp3) is 0.278. The maximum absolute atomic E-state index is 12.1. The number of likely N-dealkylation sites (N-methyl/N-ethyl adjacent to an activating group) is 1. The number of ether oxygens (including phenoxy) is 1. The zero-order chi connectivity index (χ0) is 20.7. The zero-order valence-electron chi connectivity index (χ0n) is 15.3. The van der Waals surface area contributed by atoms with Crippen LogP contribution in [0.3, 0.4) is 0 Å². The van der Waals surface area contributed by atoms with E-state index in [0.29, 0.717) is 5.76 Å². The second-order valence-corrected chi connectivity index (χ2v) is 5.89. The van der Waals surface area contributed by atoms with E-state index in [1.54, 1.807) is 12.1 Å². The highest BCUT2D eigenvalue weighted by Crippen LogP contribution is 2.21. The molecule has 2 aromatic rings. The van der Waals surface area contributed by atoms with Crippen molar-refractivity contribution in [3.8, 4) is 0 Å². The van der Waals surface area contributed by atoms with Crippen molar-refractivity contribution >= 4 is 23.5 Å². The van der Waals surface area contributed by atoms with Crippen LogP contribution in [0.25, 0.3) is 0 Å². The third kappa shape index (κ3) is 5.40. The Morgan fingerprint density at radius 3 is 2.64 bits per heavy atom. The van der Waals surface area contributed by atoms with Crippen molar-refractivity contribution in [2.24, 2.45) is 0 Å². The average molecular weight is 389 g/mol. The Morgan fingerprint density at radius 1 is 1.25 bits per heavy atom. The molecule has 0 atom stereocenters. The highest BCUT2D eigenvalue weighted by molar-refractivity contribution is 5.94. The van der Waals surface area contributed by atoms with E-state index in [2.05, 4.69) is 5.32 Å². The number of nitro benzene ring substituents is 1. The molecule has 10 heteroatoms. The number of amides is 2. The van der Waals surface area contributed by atoms with Crippen LogP contribution in [0.1, 0.15) is 21.7 Å². The lowest BCUT2D eigenvalue weighted by Crippen LogP contribution is -2.39. The SMILES string of the molecule is Cc1c(C(=O)OCC(=O)N(C)CC(=O)NCc2ccco2)cccc1[N+](=O)[O-]. The van der Waals surface area contributed by atoms with Gasteiger partial charge in [0.2, 0.25) is 5.91 Å². The third-order valence-corrected chi connectivity index (χ3v) is 3.89. The lowest BCUT2D eigenvalue weighted by atomic mass is 10.1. The molecule has 28 heavy (non-hydrogen) atoms. The number of nitrogens with one attached hydrogen (secondary N) is 1. The molecular formula is C18H19N3O7. The Hall–Kier alpha value is -3.69. The van der Waals surface area contributed by atoms with Gasteiger partial charge in [-0.25, -0.2) is 4.79 Å². The highest BCUT2D eigenvalue weighted by atomic mass is 16.6. The molecule has 1 heterocycles. The molecule has 2 amide bonds. The molecule has 0 radical (unpaired) electrons. The summed E-state index contributed by atoms with van der Waals surface area (Å²) in [5.41, 5.74) is -0.0671. The van der Waals surface area contributed by atoms with Crippen LogP contribution in [0.4, 0.5) is 5.69 Å². The molecule has 0 aliphatic rings. The molecule has 0 aliphatic carbocycles. The van der Waals surface area contributed by atoms with Gasteiger partial charge in [-0.15, -0.1) is 0 Å². The Kier molecular flexibility index (Phi) is 6.85. The van der Waals surface area contributed by atoms with E-state index in [4.69, 9.17) is 9.15 Å². The predicted molar refractivity (Wildman–Crippen MR) is 96.3 cm³/mol. The number of nitrogens with zero attached hydrogens (tertiary/aromatic N) is 2. The van der Waals surface area contributed by atoms with E-state index >= 15 is 0 Å². The first-order valence-electron chi connectivity index (χ1n) is 8.23. The second kappa shape index (κ2) is 9.31. The maximum atomic E-state index is 12.1. The standard InChI is InChI=1S/C18H19N3O7/c1-12-14(6-3-7-15(12)21(25)26)18(24)28-11-17(23)20(2)10-16(22)19-9-13-5-4-8-27-13/h3-8H,9-11H2,1-2H3,(H,19,22). The molecule has 2 rings (SSSR count). The van der Waals surface area contributed by atoms with E-state index < -0.39 is 29.3 Å². The maximum Gasteiger partial charge on any atom is 0.339 e. The Bertz CT molecular complexity index is 877. The highest BCUT2D eigenvalue weighted by Gasteiger charge is 2.21. The number of furan rings is 1. The van der Waals surface area contributed by atoms with E-state index in [1.807, 2.05) is 0 Å². The van der Waals surface area contributed by atoms with Gasteiger partial charge in [0.1, 0.15) is 5.76 Å². The normalized spacial score (nSPS) is 10.2. The van der Waals surface area contributed by atoms with Crippen molar-refractivity contribution in [2.75, 3.05) is 20.2 Å². The van der Waals surface area contributed by atoms with Crippen LogP contribution in [0.2, 0.25) is 0 Å². The van der Waals surface area contributed by atoms with Gasteiger partial charge in [-0.05, 0) is 25.1 Å². The minimum absolute atomic E-state index is 0.000781.